The van der Waals surface area contributed by atoms with E-state index in [2.05, 4.69) is 157 Å². The molecule has 0 aliphatic heterocycles. The van der Waals surface area contributed by atoms with Crippen LogP contribution in [0.3, 0.4) is 0 Å². The molecular weight excluding hydrogens is 761 g/mol. The van der Waals surface area contributed by atoms with E-state index in [-0.39, 0.29) is 0 Å². The van der Waals surface area contributed by atoms with Crippen molar-refractivity contribution in [3.05, 3.63) is 193 Å². The molecule has 62 heavy (non-hydrogen) atoms. The molecule has 10 rings (SSSR count). The highest BCUT2D eigenvalue weighted by molar-refractivity contribution is 6.13. The van der Waals surface area contributed by atoms with Crippen molar-refractivity contribution < 1.29 is 0 Å². The smallest absolute Gasteiger partial charge is 0.0964 e. The average molecular weight is 811 g/mol. The van der Waals surface area contributed by atoms with Crippen molar-refractivity contribution in [2.45, 2.75) is 51.9 Å². The molecule has 8 nitrogen and oxygen atoms in total. The van der Waals surface area contributed by atoms with Crippen LogP contribution in [0.15, 0.2) is 170 Å². The largest absolute Gasteiger partial charge is 0.334 e. The van der Waals surface area contributed by atoms with Gasteiger partial charge in [0.05, 0.1) is 33.8 Å². The maximum Gasteiger partial charge on any atom is 0.0964 e. The van der Waals surface area contributed by atoms with E-state index in [1.54, 1.807) is 0 Å². The summed E-state index contributed by atoms with van der Waals surface area (Å²) in [5.41, 5.74) is 19.0. The summed E-state index contributed by atoms with van der Waals surface area (Å²) in [6.07, 6.45) is 11.9. The molecule has 6 aromatic heterocycles. The number of hydrogen-bond donors (Lipinski definition) is 1. The zero-order valence-corrected chi connectivity index (χ0v) is 34.9. The van der Waals surface area contributed by atoms with Gasteiger partial charge in [-0.2, -0.15) is 0 Å². The van der Waals surface area contributed by atoms with Crippen LogP contribution in [0.25, 0.3) is 66.1 Å². The van der Waals surface area contributed by atoms with Crippen LogP contribution in [0.1, 0.15) is 48.2 Å². The van der Waals surface area contributed by atoms with E-state index in [4.69, 9.17) is 15.7 Å². The summed E-state index contributed by atoms with van der Waals surface area (Å²) < 4.78 is 4.86. The first-order valence-electron chi connectivity index (χ1n) is 21.8. The molecular formula is C54H50N8. The number of rotatable bonds is 16. The normalized spacial score (nSPS) is 11.8. The fourth-order valence-corrected chi connectivity index (χ4v) is 9.19. The number of benzene rings is 4. The molecule has 8 heteroatoms. The van der Waals surface area contributed by atoms with Gasteiger partial charge in [-0.3, -0.25) is 14.9 Å². The Kier molecular flexibility index (Phi) is 11.3. The molecule has 0 fully saturated rings. The van der Waals surface area contributed by atoms with E-state index < -0.39 is 0 Å². The summed E-state index contributed by atoms with van der Waals surface area (Å²) >= 11 is 0. The Morgan fingerprint density at radius 1 is 0.468 bits per heavy atom. The fourth-order valence-electron chi connectivity index (χ4n) is 9.19. The van der Waals surface area contributed by atoms with Crippen molar-refractivity contribution in [2.75, 3.05) is 13.1 Å². The number of para-hydroxylation sites is 2. The second kappa shape index (κ2) is 17.9. The van der Waals surface area contributed by atoms with Crippen LogP contribution in [0.4, 0.5) is 0 Å². The third-order valence-electron chi connectivity index (χ3n) is 12.0. The lowest BCUT2D eigenvalue weighted by Gasteiger charge is -2.23. The van der Waals surface area contributed by atoms with Crippen LogP contribution in [0.5, 0.6) is 0 Å². The summed E-state index contributed by atoms with van der Waals surface area (Å²) in [5, 5.41) is 4.85. The predicted octanol–water partition coefficient (Wildman–Crippen LogP) is 11.4. The molecule has 0 amide bonds. The zero-order valence-electron chi connectivity index (χ0n) is 34.9. The summed E-state index contributed by atoms with van der Waals surface area (Å²) in [5.74, 6) is 0. The van der Waals surface area contributed by atoms with Crippen molar-refractivity contribution in [2.24, 2.45) is 5.73 Å². The number of hydrogen-bond acceptors (Lipinski definition) is 6. The highest BCUT2D eigenvalue weighted by Gasteiger charge is 2.22. The number of aromatic nitrogens is 6. The minimum atomic E-state index is 0.663. The predicted molar refractivity (Wildman–Crippen MR) is 254 cm³/mol. The lowest BCUT2D eigenvalue weighted by molar-refractivity contribution is 0.245. The standard InChI is InChI=1S/C54H50N8/c55-27-13-1-2-14-30-60(37-43-31-47-45-23-9-11-25-49(45)61(35-39-17-5-3-6-18-39)53(47)51(58-43)41-21-15-28-56-33-41)38-44-32-48-46-24-10-12-26-50(46)62(36-40-19-7-4-8-20-40)54(48)52(59-44)42-22-16-29-57-34-42/h3-12,15-26,28-29,31-34H,1-2,13-14,27,30,35-38,55H2. The minimum absolute atomic E-state index is 0.663. The quantitative estimate of drug-likeness (QED) is 0.0978. The van der Waals surface area contributed by atoms with Crippen molar-refractivity contribution in [3.63, 3.8) is 0 Å². The van der Waals surface area contributed by atoms with Gasteiger partial charge in [0.1, 0.15) is 0 Å². The number of nitrogens with zero attached hydrogens (tertiary/aromatic N) is 7. The Morgan fingerprint density at radius 3 is 1.40 bits per heavy atom. The van der Waals surface area contributed by atoms with Crippen LogP contribution in [0, 0.1) is 0 Å². The average Bonchev–Trinajstić information content (AvgIpc) is 3.81. The van der Waals surface area contributed by atoms with Gasteiger partial charge in [-0.1, -0.05) is 110 Å². The van der Waals surface area contributed by atoms with Gasteiger partial charge in [-0.05, 0) is 85.6 Å². The monoisotopic (exact) mass is 810 g/mol. The topological polar surface area (TPSA) is 90.7 Å². The Morgan fingerprint density at radius 2 is 0.935 bits per heavy atom. The molecule has 4 aromatic carbocycles. The van der Waals surface area contributed by atoms with Crippen LogP contribution in [-0.2, 0) is 26.2 Å². The summed E-state index contributed by atoms with van der Waals surface area (Å²) in [7, 11) is 0. The van der Waals surface area contributed by atoms with Gasteiger partial charge >= 0.3 is 0 Å². The van der Waals surface area contributed by atoms with Crippen molar-refractivity contribution in [3.8, 4) is 22.5 Å². The Balaban J connectivity index is 1.10. The summed E-state index contributed by atoms with van der Waals surface area (Å²) in [4.78, 5) is 22.8. The lowest BCUT2D eigenvalue weighted by Crippen LogP contribution is -2.25. The highest BCUT2D eigenvalue weighted by Crippen LogP contribution is 2.38. The molecule has 6 heterocycles. The van der Waals surface area contributed by atoms with Gasteiger partial charge in [0.15, 0.2) is 0 Å². The van der Waals surface area contributed by atoms with Crippen molar-refractivity contribution >= 4 is 43.6 Å². The molecule has 0 bridgehead atoms. The first kappa shape index (κ1) is 39.2. The number of nitrogens with two attached hydrogens (primary N) is 1. The van der Waals surface area contributed by atoms with Crippen LogP contribution in [0.2, 0.25) is 0 Å². The van der Waals surface area contributed by atoms with E-state index in [0.717, 1.165) is 96.8 Å². The third kappa shape index (κ3) is 7.98. The molecule has 10 aromatic rings. The Labute approximate surface area is 362 Å². The molecule has 0 unspecified atom stereocenters. The number of unbranched alkanes of at least 4 members (excludes halogenated alkanes) is 3. The number of fused-ring (bicyclic) bond motifs is 6. The molecule has 2 N–H and O–H groups in total. The van der Waals surface area contributed by atoms with Crippen LogP contribution in [-0.4, -0.2) is 47.1 Å². The molecule has 0 saturated heterocycles. The molecule has 0 aliphatic rings. The van der Waals surface area contributed by atoms with E-state index in [1.807, 2.05) is 36.9 Å². The fraction of sp³-hybridized carbons (Fsp3) is 0.185. The van der Waals surface area contributed by atoms with Gasteiger partial charge < -0.3 is 14.9 Å². The third-order valence-corrected chi connectivity index (χ3v) is 12.0. The summed E-state index contributed by atoms with van der Waals surface area (Å²) in [6, 6.07) is 51.8. The molecule has 306 valence electrons. The zero-order chi connectivity index (χ0) is 41.7. The SMILES string of the molecule is NCCCCCCN(Cc1cc2c3ccccc3n(Cc3ccccc3)c2c(-c2cccnc2)n1)Cc1cc2c3ccccc3n(Cc3ccccc3)c2c(-c2cccnc2)n1. The van der Waals surface area contributed by atoms with E-state index in [1.165, 1.54) is 43.7 Å². The van der Waals surface area contributed by atoms with E-state index in [0.29, 0.717) is 13.1 Å². The first-order valence-corrected chi connectivity index (χ1v) is 21.8. The van der Waals surface area contributed by atoms with Gasteiger partial charge in [0.2, 0.25) is 0 Å². The number of pyridine rings is 4. The second-order valence-electron chi connectivity index (χ2n) is 16.3. The van der Waals surface area contributed by atoms with Crippen molar-refractivity contribution in [1.29, 1.82) is 0 Å². The molecule has 0 atom stereocenters. The van der Waals surface area contributed by atoms with Crippen molar-refractivity contribution in [1.82, 2.24) is 34.0 Å². The first-order chi connectivity index (χ1) is 30.7. The van der Waals surface area contributed by atoms with E-state index in [9.17, 15) is 0 Å². The molecule has 0 spiro atoms. The second-order valence-corrected chi connectivity index (χ2v) is 16.3. The maximum atomic E-state index is 5.92. The van der Waals surface area contributed by atoms with Gasteiger partial charge in [0, 0.05) is 94.7 Å². The minimum Gasteiger partial charge on any atom is -0.334 e. The lowest BCUT2D eigenvalue weighted by atomic mass is 10.1. The molecule has 0 aliphatic carbocycles. The Hall–Kier alpha value is -7.00. The summed E-state index contributed by atoms with van der Waals surface area (Å²) in [6.45, 7) is 4.43. The van der Waals surface area contributed by atoms with Crippen LogP contribution >= 0.6 is 0 Å². The maximum absolute atomic E-state index is 5.92. The highest BCUT2D eigenvalue weighted by atomic mass is 15.1. The molecule has 0 saturated carbocycles. The van der Waals surface area contributed by atoms with Gasteiger partial charge in [-0.15, -0.1) is 0 Å². The van der Waals surface area contributed by atoms with Gasteiger partial charge in [-0.25, -0.2) is 9.97 Å². The van der Waals surface area contributed by atoms with Crippen LogP contribution < -0.4 is 5.73 Å². The van der Waals surface area contributed by atoms with Gasteiger partial charge in [0.25, 0.3) is 0 Å². The Bertz CT molecular complexity index is 2880. The molecule has 0 radical (unpaired) electrons. The van der Waals surface area contributed by atoms with E-state index >= 15 is 0 Å².